The zero-order valence-electron chi connectivity index (χ0n) is 9.55. The molecule has 1 aromatic carbocycles. The summed E-state index contributed by atoms with van der Waals surface area (Å²) in [6.45, 7) is 0.550. The van der Waals surface area contributed by atoms with Crippen LogP contribution in [0.5, 0.6) is 0 Å². The van der Waals surface area contributed by atoms with Crippen molar-refractivity contribution >= 4 is 17.0 Å². The van der Waals surface area contributed by atoms with E-state index in [1.807, 2.05) is 12.1 Å². The monoisotopic (exact) mass is 242 g/mol. The molecule has 2 aromatic heterocycles. The van der Waals surface area contributed by atoms with E-state index in [0.717, 1.165) is 5.56 Å². The van der Waals surface area contributed by atoms with Crippen LogP contribution in [-0.2, 0) is 6.54 Å². The minimum Gasteiger partial charge on any atom is -0.369 e. The predicted molar refractivity (Wildman–Crippen MR) is 67.4 cm³/mol. The number of nitrogens with zero attached hydrogens (tertiary/aromatic N) is 3. The summed E-state index contributed by atoms with van der Waals surface area (Å²) in [4.78, 5) is 8.17. The maximum atomic E-state index is 13.3. The molecular formula is C13H11FN4. The zero-order chi connectivity index (χ0) is 12.5. The molecule has 0 spiro atoms. The first-order valence-corrected chi connectivity index (χ1v) is 5.54. The van der Waals surface area contributed by atoms with E-state index in [-0.39, 0.29) is 5.82 Å². The summed E-state index contributed by atoms with van der Waals surface area (Å²) in [5, 5.41) is 0. The molecule has 0 atom stereocenters. The van der Waals surface area contributed by atoms with E-state index in [2.05, 4.69) is 9.97 Å². The van der Waals surface area contributed by atoms with Gasteiger partial charge in [0.05, 0.1) is 17.6 Å². The van der Waals surface area contributed by atoms with Crippen LogP contribution in [0.3, 0.4) is 0 Å². The molecule has 0 fully saturated rings. The molecule has 0 aliphatic carbocycles. The van der Waals surface area contributed by atoms with Crippen LogP contribution in [0.2, 0.25) is 0 Å². The van der Waals surface area contributed by atoms with Crippen LogP contribution in [0.4, 0.5) is 10.3 Å². The molecule has 2 heterocycles. The molecular weight excluding hydrogens is 231 g/mol. The second-order valence-corrected chi connectivity index (χ2v) is 4.04. The highest BCUT2D eigenvalue weighted by Gasteiger charge is 2.09. The fourth-order valence-electron chi connectivity index (χ4n) is 1.95. The lowest BCUT2D eigenvalue weighted by Gasteiger charge is -2.06. The summed E-state index contributed by atoms with van der Waals surface area (Å²) in [6.07, 6.45) is 3.43. The van der Waals surface area contributed by atoms with E-state index in [1.54, 1.807) is 23.0 Å². The van der Waals surface area contributed by atoms with Crippen molar-refractivity contribution in [2.24, 2.45) is 0 Å². The van der Waals surface area contributed by atoms with Crippen LogP contribution in [0.15, 0.2) is 42.7 Å². The molecule has 2 N–H and O–H groups in total. The minimum absolute atomic E-state index is 0.293. The Hall–Kier alpha value is -2.43. The van der Waals surface area contributed by atoms with Gasteiger partial charge in [0.1, 0.15) is 5.82 Å². The standard InChI is InChI=1S/C13H11FN4/c14-10-1-2-11-12(7-10)18(13(15)17-11)8-9-3-5-16-6-4-9/h1-7H,8H2,(H2,15,17). The van der Waals surface area contributed by atoms with E-state index in [9.17, 15) is 4.39 Å². The third-order valence-electron chi connectivity index (χ3n) is 2.83. The largest absolute Gasteiger partial charge is 0.369 e. The smallest absolute Gasteiger partial charge is 0.201 e. The number of aromatic nitrogens is 3. The number of fused-ring (bicyclic) bond motifs is 1. The fraction of sp³-hybridized carbons (Fsp3) is 0.0769. The Kier molecular flexibility index (Phi) is 2.44. The van der Waals surface area contributed by atoms with E-state index >= 15 is 0 Å². The molecule has 0 aliphatic rings. The van der Waals surface area contributed by atoms with E-state index < -0.39 is 0 Å². The SMILES string of the molecule is Nc1nc2ccc(F)cc2n1Cc1ccncc1. The van der Waals surface area contributed by atoms with Crippen molar-refractivity contribution in [3.63, 3.8) is 0 Å². The minimum atomic E-state index is -0.293. The molecule has 0 amide bonds. The Morgan fingerprint density at radius 1 is 1.17 bits per heavy atom. The number of hydrogen-bond donors (Lipinski definition) is 1. The summed E-state index contributed by atoms with van der Waals surface area (Å²) in [7, 11) is 0. The van der Waals surface area contributed by atoms with Gasteiger partial charge in [-0.3, -0.25) is 4.98 Å². The maximum Gasteiger partial charge on any atom is 0.201 e. The van der Waals surface area contributed by atoms with Crippen molar-refractivity contribution in [2.45, 2.75) is 6.54 Å². The summed E-state index contributed by atoms with van der Waals surface area (Å²) in [6, 6.07) is 8.24. The predicted octanol–water partition coefficient (Wildman–Crippen LogP) is 2.20. The van der Waals surface area contributed by atoms with Gasteiger partial charge in [0.25, 0.3) is 0 Å². The number of halogens is 1. The Labute approximate surface area is 103 Å². The first kappa shape index (κ1) is 10.7. The number of nitrogen functional groups attached to an aromatic ring is 1. The van der Waals surface area contributed by atoms with E-state index in [4.69, 9.17) is 5.73 Å². The molecule has 4 nitrogen and oxygen atoms in total. The normalized spacial score (nSPS) is 10.9. The van der Waals surface area contributed by atoms with Crippen LogP contribution in [0.1, 0.15) is 5.56 Å². The second kappa shape index (κ2) is 4.10. The number of anilines is 1. The van der Waals surface area contributed by atoms with Crippen molar-refractivity contribution < 1.29 is 4.39 Å². The van der Waals surface area contributed by atoms with Crippen LogP contribution in [-0.4, -0.2) is 14.5 Å². The van der Waals surface area contributed by atoms with Crippen LogP contribution >= 0.6 is 0 Å². The molecule has 0 bridgehead atoms. The number of benzene rings is 1. The molecule has 3 rings (SSSR count). The van der Waals surface area contributed by atoms with Crippen molar-refractivity contribution in [1.29, 1.82) is 0 Å². The third-order valence-corrected chi connectivity index (χ3v) is 2.83. The Bertz CT molecular complexity index is 691. The van der Waals surface area contributed by atoms with Gasteiger partial charge < -0.3 is 10.3 Å². The lowest BCUT2D eigenvalue weighted by Crippen LogP contribution is -2.04. The van der Waals surface area contributed by atoms with Crippen molar-refractivity contribution in [3.8, 4) is 0 Å². The molecule has 0 aliphatic heterocycles. The molecule has 90 valence electrons. The van der Waals surface area contributed by atoms with Gasteiger partial charge in [0.2, 0.25) is 5.95 Å². The highest BCUT2D eigenvalue weighted by Crippen LogP contribution is 2.20. The van der Waals surface area contributed by atoms with Crippen molar-refractivity contribution in [2.75, 3.05) is 5.73 Å². The number of nitrogens with two attached hydrogens (primary N) is 1. The van der Waals surface area contributed by atoms with Gasteiger partial charge in [-0.25, -0.2) is 9.37 Å². The summed E-state index contributed by atoms with van der Waals surface area (Å²) >= 11 is 0. The summed E-state index contributed by atoms with van der Waals surface area (Å²) in [5.74, 6) is 0.0887. The van der Waals surface area contributed by atoms with Crippen LogP contribution in [0, 0.1) is 5.82 Å². The maximum absolute atomic E-state index is 13.3. The highest BCUT2D eigenvalue weighted by atomic mass is 19.1. The number of rotatable bonds is 2. The number of hydrogen-bond acceptors (Lipinski definition) is 3. The van der Waals surface area contributed by atoms with Gasteiger partial charge in [0, 0.05) is 12.4 Å². The van der Waals surface area contributed by atoms with Gasteiger partial charge in [-0.05, 0) is 35.9 Å². The van der Waals surface area contributed by atoms with Gasteiger partial charge in [-0.15, -0.1) is 0 Å². The van der Waals surface area contributed by atoms with Crippen LogP contribution < -0.4 is 5.73 Å². The summed E-state index contributed by atoms with van der Waals surface area (Å²) in [5.41, 5.74) is 8.30. The third kappa shape index (κ3) is 1.79. The van der Waals surface area contributed by atoms with Gasteiger partial charge >= 0.3 is 0 Å². The average molecular weight is 242 g/mol. The molecule has 0 radical (unpaired) electrons. The van der Waals surface area contributed by atoms with E-state index in [1.165, 1.54) is 12.1 Å². The highest BCUT2D eigenvalue weighted by molar-refractivity contribution is 5.78. The van der Waals surface area contributed by atoms with Gasteiger partial charge in [-0.1, -0.05) is 0 Å². The number of imidazole rings is 1. The first-order valence-electron chi connectivity index (χ1n) is 5.54. The molecule has 0 saturated carbocycles. The lowest BCUT2D eigenvalue weighted by atomic mass is 10.2. The van der Waals surface area contributed by atoms with Crippen LogP contribution in [0.25, 0.3) is 11.0 Å². The zero-order valence-corrected chi connectivity index (χ0v) is 9.55. The topological polar surface area (TPSA) is 56.7 Å². The fourth-order valence-corrected chi connectivity index (χ4v) is 1.95. The molecule has 18 heavy (non-hydrogen) atoms. The first-order chi connectivity index (χ1) is 8.74. The second-order valence-electron chi connectivity index (χ2n) is 4.04. The lowest BCUT2D eigenvalue weighted by molar-refractivity contribution is 0.628. The number of pyridine rings is 1. The molecule has 0 unspecified atom stereocenters. The van der Waals surface area contributed by atoms with Gasteiger partial charge in [-0.2, -0.15) is 0 Å². The summed E-state index contributed by atoms with van der Waals surface area (Å²) < 4.78 is 15.1. The average Bonchev–Trinajstić information content (AvgIpc) is 2.67. The quantitative estimate of drug-likeness (QED) is 0.749. The Morgan fingerprint density at radius 3 is 2.72 bits per heavy atom. The van der Waals surface area contributed by atoms with E-state index in [0.29, 0.717) is 23.5 Å². The van der Waals surface area contributed by atoms with Gasteiger partial charge in [0.15, 0.2) is 0 Å². The molecule has 5 heteroatoms. The molecule has 0 saturated heterocycles. The van der Waals surface area contributed by atoms with Crippen molar-refractivity contribution in [1.82, 2.24) is 14.5 Å². The molecule has 3 aromatic rings. The Morgan fingerprint density at radius 2 is 1.94 bits per heavy atom. The Balaban J connectivity index is 2.11. The van der Waals surface area contributed by atoms with Crippen molar-refractivity contribution in [3.05, 3.63) is 54.1 Å².